The van der Waals surface area contributed by atoms with Gasteiger partial charge in [-0.25, -0.2) is 4.79 Å². The van der Waals surface area contributed by atoms with Crippen LogP contribution in [-0.2, 0) is 20.6 Å². The number of fused-ring (bicyclic) bond motifs is 1. The summed E-state index contributed by atoms with van der Waals surface area (Å²) in [6.07, 6.45) is 0. The lowest BCUT2D eigenvalue weighted by Crippen LogP contribution is -2.40. The highest BCUT2D eigenvalue weighted by Gasteiger charge is 2.19. The molecule has 0 bridgehead atoms. The Morgan fingerprint density at radius 3 is 2.71 bits per heavy atom. The van der Waals surface area contributed by atoms with Gasteiger partial charge in [-0.05, 0) is 12.1 Å². The van der Waals surface area contributed by atoms with E-state index in [0.717, 1.165) is 22.5 Å². The first-order valence-electron chi connectivity index (χ1n) is 6.80. The number of aromatic nitrogens is 2. The summed E-state index contributed by atoms with van der Waals surface area (Å²) in [5.74, 6) is 0.831. The third-order valence-electron chi connectivity index (χ3n) is 3.80. The molecular formula is C15H17N3O3. The van der Waals surface area contributed by atoms with Crippen LogP contribution in [0, 0.1) is 0 Å². The van der Waals surface area contributed by atoms with Crippen LogP contribution in [0.25, 0.3) is 0 Å². The molecule has 0 amide bonds. The van der Waals surface area contributed by atoms with E-state index in [-0.39, 0.29) is 11.2 Å². The average Bonchev–Trinajstić information content (AvgIpc) is 2.51. The lowest BCUT2D eigenvalue weighted by Gasteiger charge is -2.31. The van der Waals surface area contributed by atoms with Gasteiger partial charge >= 0.3 is 5.69 Å². The molecule has 6 nitrogen and oxygen atoms in total. The Bertz CT molecular complexity index is 791. The van der Waals surface area contributed by atoms with Gasteiger partial charge in [0.05, 0.1) is 18.8 Å². The maximum Gasteiger partial charge on any atom is 0.330 e. The summed E-state index contributed by atoms with van der Waals surface area (Å²) in [7, 11) is 3.17. The highest BCUT2D eigenvalue weighted by atomic mass is 16.5. The van der Waals surface area contributed by atoms with Crippen molar-refractivity contribution in [3.05, 3.63) is 56.9 Å². The summed E-state index contributed by atoms with van der Waals surface area (Å²) in [4.78, 5) is 25.9. The second-order valence-corrected chi connectivity index (χ2v) is 5.11. The van der Waals surface area contributed by atoms with Gasteiger partial charge in [0.15, 0.2) is 0 Å². The second-order valence-electron chi connectivity index (χ2n) is 5.11. The highest BCUT2D eigenvalue weighted by molar-refractivity contribution is 5.59. The van der Waals surface area contributed by atoms with Crippen LogP contribution < -0.4 is 20.9 Å². The van der Waals surface area contributed by atoms with Crippen LogP contribution in [0.4, 0.5) is 5.69 Å². The normalized spacial score (nSPS) is 13.7. The van der Waals surface area contributed by atoms with Crippen molar-refractivity contribution in [3.8, 4) is 5.75 Å². The zero-order chi connectivity index (χ0) is 15.0. The SMILES string of the molecule is Cn1c(CN2CCOc3ccccc32)cc(=O)n(C)c1=O. The smallest absolute Gasteiger partial charge is 0.330 e. The number of anilines is 1. The minimum absolute atomic E-state index is 0.283. The summed E-state index contributed by atoms with van der Waals surface area (Å²) < 4.78 is 8.23. The molecule has 1 aliphatic rings. The highest BCUT2D eigenvalue weighted by Crippen LogP contribution is 2.31. The Kier molecular flexibility index (Phi) is 3.29. The van der Waals surface area contributed by atoms with Gasteiger partial charge in [0.1, 0.15) is 12.4 Å². The Balaban J connectivity index is 1.99. The summed E-state index contributed by atoms with van der Waals surface area (Å²) in [5, 5.41) is 0. The molecule has 1 aliphatic heterocycles. The van der Waals surface area contributed by atoms with E-state index >= 15 is 0 Å². The fourth-order valence-corrected chi connectivity index (χ4v) is 2.52. The summed E-state index contributed by atoms with van der Waals surface area (Å²) >= 11 is 0. The molecule has 0 atom stereocenters. The van der Waals surface area contributed by atoms with E-state index in [1.165, 1.54) is 17.7 Å². The van der Waals surface area contributed by atoms with Crippen molar-refractivity contribution in [3.63, 3.8) is 0 Å². The Labute approximate surface area is 121 Å². The van der Waals surface area contributed by atoms with Crippen LogP contribution in [0.2, 0.25) is 0 Å². The van der Waals surface area contributed by atoms with E-state index in [4.69, 9.17) is 4.74 Å². The molecule has 3 rings (SSSR count). The first kappa shape index (κ1) is 13.5. The van der Waals surface area contributed by atoms with E-state index in [1.807, 2.05) is 24.3 Å². The standard InChI is InChI=1S/C15H17N3O3/c1-16-11(9-14(19)17(2)15(16)20)10-18-7-8-21-13-6-4-3-5-12(13)18/h3-6,9H,7-8,10H2,1-2H3. The molecule has 1 aromatic heterocycles. The number of ether oxygens (including phenoxy) is 1. The number of hydrogen-bond acceptors (Lipinski definition) is 4. The third kappa shape index (κ3) is 2.33. The van der Waals surface area contributed by atoms with Crippen molar-refractivity contribution in [2.24, 2.45) is 14.1 Å². The van der Waals surface area contributed by atoms with Crippen LogP contribution in [0.1, 0.15) is 5.69 Å². The zero-order valence-corrected chi connectivity index (χ0v) is 12.1. The molecule has 0 N–H and O–H groups in total. The Hall–Kier alpha value is -2.50. The molecule has 0 aliphatic carbocycles. The second kappa shape index (κ2) is 5.12. The van der Waals surface area contributed by atoms with Crippen molar-refractivity contribution in [2.45, 2.75) is 6.54 Å². The lowest BCUT2D eigenvalue weighted by molar-refractivity contribution is 0.306. The van der Waals surface area contributed by atoms with Crippen LogP contribution >= 0.6 is 0 Å². The molecule has 6 heteroatoms. The number of nitrogens with zero attached hydrogens (tertiary/aromatic N) is 3. The van der Waals surface area contributed by atoms with Gasteiger partial charge in [0.25, 0.3) is 5.56 Å². The molecule has 0 fully saturated rings. The van der Waals surface area contributed by atoms with Crippen LogP contribution in [0.5, 0.6) is 5.75 Å². The first-order chi connectivity index (χ1) is 10.1. The molecule has 0 saturated heterocycles. The van der Waals surface area contributed by atoms with E-state index in [0.29, 0.717) is 18.8 Å². The molecular weight excluding hydrogens is 270 g/mol. The van der Waals surface area contributed by atoms with Crippen LogP contribution in [-0.4, -0.2) is 22.3 Å². The van der Waals surface area contributed by atoms with Crippen molar-refractivity contribution in [2.75, 3.05) is 18.1 Å². The van der Waals surface area contributed by atoms with Crippen LogP contribution in [0.3, 0.4) is 0 Å². The van der Waals surface area contributed by atoms with Crippen LogP contribution in [0.15, 0.2) is 39.9 Å². The number of para-hydroxylation sites is 2. The molecule has 21 heavy (non-hydrogen) atoms. The van der Waals surface area contributed by atoms with Crippen molar-refractivity contribution < 1.29 is 4.74 Å². The maximum atomic E-state index is 12.0. The summed E-state index contributed by atoms with van der Waals surface area (Å²) in [6, 6.07) is 9.29. The number of hydrogen-bond donors (Lipinski definition) is 0. The average molecular weight is 287 g/mol. The molecule has 2 aromatic rings. The van der Waals surface area contributed by atoms with Crippen molar-refractivity contribution in [1.29, 1.82) is 0 Å². The molecule has 0 saturated carbocycles. The molecule has 0 spiro atoms. The monoisotopic (exact) mass is 287 g/mol. The fourth-order valence-electron chi connectivity index (χ4n) is 2.52. The predicted molar refractivity (Wildman–Crippen MR) is 79.9 cm³/mol. The number of benzene rings is 1. The Morgan fingerprint density at radius 2 is 1.90 bits per heavy atom. The van der Waals surface area contributed by atoms with Gasteiger partial charge in [0.2, 0.25) is 0 Å². The lowest BCUT2D eigenvalue weighted by atomic mass is 10.2. The summed E-state index contributed by atoms with van der Waals surface area (Å²) in [6.45, 7) is 1.82. The van der Waals surface area contributed by atoms with E-state index in [1.54, 1.807) is 7.05 Å². The van der Waals surface area contributed by atoms with Gasteiger partial charge in [-0.1, -0.05) is 12.1 Å². The quantitative estimate of drug-likeness (QED) is 0.806. The number of rotatable bonds is 2. The van der Waals surface area contributed by atoms with Gasteiger partial charge < -0.3 is 9.64 Å². The van der Waals surface area contributed by atoms with Gasteiger partial charge in [-0.15, -0.1) is 0 Å². The first-order valence-corrected chi connectivity index (χ1v) is 6.80. The van der Waals surface area contributed by atoms with Crippen molar-refractivity contribution in [1.82, 2.24) is 9.13 Å². The molecule has 2 heterocycles. The predicted octanol–water partition coefficient (Wildman–Crippen LogP) is 0.483. The Morgan fingerprint density at radius 1 is 1.14 bits per heavy atom. The van der Waals surface area contributed by atoms with Gasteiger partial charge in [0, 0.05) is 25.9 Å². The summed E-state index contributed by atoms with van der Waals surface area (Å²) in [5.41, 5.74) is 1.09. The fraction of sp³-hybridized carbons (Fsp3) is 0.333. The minimum atomic E-state index is -0.306. The van der Waals surface area contributed by atoms with E-state index < -0.39 is 0 Å². The molecule has 0 unspecified atom stereocenters. The van der Waals surface area contributed by atoms with E-state index in [2.05, 4.69) is 4.90 Å². The molecule has 1 aromatic carbocycles. The third-order valence-corrected chi connectivity index (χ3v) is 3.80. The van der Waals surface area contributed by atoms with E-state index in [9.17, 15) is 9.59 Å². The van der Waals surface area contributed by atoms with Gasteiger partial charge in [-0.3, -0.25) is 13.9 Å². The molecule has 0 radical (unpaired) electrons. The minimum Gasteiger partial charge on any atom is -0.490 e. The van der Waals surface area contributed by atoms with Gasteiger partial charge in [-0.2, -0.15) is 0 Å². The maximum absolute atomic E-state index is 12.0. The largest absolute Gasteiger partial charge is 0.490 e. The molecule has 110 valence electrons. The topological polar surface area (TPSA) is 56.5 Å². The zero-order valence-electron chi connectivity index (χ0n) is 12.1. The van der Waals surface area contributed by atoms with Crippen molar-refractivity contribution >= 4 is 5.69 Å².